The first-order valence-electron chi connectivity index (χ1n) is 14.9. The zero-order valence-corrected chi connectivity index (χ0v) is 26.2. The second kappa shape index (κ2) is 20.4. The molecule has 0 radical (unpaired) electrons. The van der Waals surface area contributed by atoms with Gasteiger partial charge in [0.25, 0.3) is 5.24 Å². The van der Waals surface area contributed by atoms with Crippen molar-refractivity contribution in [3.8, 4) is 11.5 Å². The molecule has 2 atom stereocenters. The molecule has 2 unspecified atom stereocenters. The summed E-state index contributed by atoms with van der Waals surface area (Å²) in [5.74, 6) is 3.57. The average molecular weight is 575 g/mol. The van der Waals surface area contributed by atoms with E-state index >= 15 is 0 Å². The van der Waals surface area contributed by atoms with E-state index in [-0.39, 0.29) is 0 Å². The molecule has 2 aromatic carbocycles. The lowest BCUT2D eigenvalue weighted by Crippen LogP contribution is -2.05. The van der Waals surface area contributed by atoms with Crippen LogP contribution >= 0.6 is 11.6 Å². The van der Waals surface area contributed by atoms with E-state index in [0.717, 1.165) is 42.8 Å². The second-order valence-electron chi connectivity index (χ2n) is 11.8. The highest BCUT2D eigenvalue weighted by atomic mass is 35.5. The molecule has 0 aliphatic rings. The summed E-state index contributed by atoms with van der Waals surface area (Å²) < 4.78 is 11.3. The number of carboxylic acids is 1. The van der Waals surface area contributed by atoms with Gasteiger partial charge in [0.2, 0.25) is 0 Å². The number of carboxylic acid groups (broad SMARTS) is 1. The summed E-state index contributed by atoms with van der Waals surface area (Å²) in [5.41, 5.74) is 0.792. The van der Waals surface area contributed by atoms with Gasteiger partial charge in [-0.2, -0.15) is 0 Å². The van der Waals surface area contributed by atoms with E-state index in [1.165, 1.54) is 38.5 Å². The Morgan fingerprint density at radius 1 is 0.625 bits per heavy atom. The minimum absolute atomic E-state index is 0.291. The quantitative estimate of drug-likeness (QED) is 0.179. The van der Waals surface area contributed by atoms with Crippen molar-refractivity contribution in [2.24, 2.45) is 23.7 Å². The van der Waals surface area contributed by atoms with Crippen molar-refractivity contribution in [1.82, 2.24) is 0 Å². The number of halogens is 1. The molecule has 40 heavy (non-hydrogen) atoms. The van der Waals surface area contributed by atoms with Crippen molar-refractivity contribution < 1.29 is 24.2 Å². The first-order chi connectivity index (χ1) is 19.0. The van der Waals surface area contributed by atoms with Crippen LogP contribution in [-0.2, 0) is 0 Å². The van der Waals surface area contributed by atoms with Crippen LogP contribution in [-0.4, -0.2) is 29.5 Å². The summed E-state index contributed by atoms with van der Waals surface area (Å²) in [6.07, 6.45) is 9.80. The molecule has 0 bridgehead atoms. The van der Waals surface area contributed by atoms with E-state index in [0.29, 0.717) is 29.6 Å². The number of carbonyl (C=O) groups excluding carboxylic acids is 1. The fraction of sp³-hybridized carbons (Fsp3) is 0.588. The molecule has 2 aromatic rings. The summed E-state index contributed by atoms with van der Waals surface area (Å²) in [6.45, 7) is 15.0. The SMILES string of the molecule is CC(C)CCCC(C)CCOc1ccc(C(=O)Cl)cc1.CC(C)CCCC(C)CCOc1ccc(C(=O)O)cc1. The van der Waals surface area contributed by atoms with Gasteiger partial charge in [0.05, 0.1) is 18.8 Å². The largest absolute Gasteiger partial charge is 0.494 e. The van der Waals surface area contributed by atoms with Crippen LogP contribution in [0, 0.1) is 23.7 Å². The van der Waals surface area contributed by atoms with Gasteiger partial charge < -0.3 is 14.6 Å². The molecule has 0 aliphatic carbocycles. The molecule has 0 amide bonds. The van der Waals surface area contributed by atoms with Crippen LogP contribution in [0.1, 0.15) is 114 Å². The number of benzene rings is 2. The van der Waals surface area contributed by atoms with Crippen LogP contribution in [0.3, 0.4) is 0 Å². The molecule has 2 rings (SSSR count). The van der Waals surface area contributed by atoms with Crippen molar-refractivity contribution >= 4 is 22.8 Å². The molecule has 0 heterocycles. The summed E-state index contributed by atoms with van der Waals surface area (Å²) in [7, 11) is 0. The van der Waals surface area contributed by atoms with Crippen molar-refractivity contribution in [3.05, 3.63) is 59.7 Å². The van der Waals surface area contributed by atoms with Crippen LogP contribution in [0.5, 0.6) is 11.5 Å². The molecule has 0 fully saturated rings. The fourth-order valence-electron chi connectivity index (χ4n) is 4.17. The van der Waals surface area contributed by atoms with E-state index in [4.69, 9.17) is 26.2 Å². The maximum Gasteiger partial charge on any atom is 0.335 e. The third kappa shape index (κ3) is 17.2. The summed E-state index contributed by atoms with van der Waals surface area (Å²) in [5, 5.41) is 8.37. The van der Waals surface area contributed by atoms with Gasteiger partial charge in [0, 0.05) is 5.56 Å². The van der Waals surface area contributed by atoms with Gasteiger partial charge in [-0.25, -0.2) is 4.79 Å². The Morgan fingerprint density at radius 2 is 1.00 bits per heavy atom. The van der Waals surface area contributed by atoms with Crippen molar-refractivity contribution in [2.75, 3.05) is 13.2 Å². The van der Waals surface area contributed by atoms with Gasteiger partial charge in [-0.1, -0.05) is 80.1 Å². The van der Waals surface area contributed by atoms with Crippen LogP contribution in [0.2, 0.25) is 0 Å². The molecular weight excluding hydrogens is 524 g/mol. The highest BCUT2D eigenvalue weighted by Gasteiger charge is 2.07. The van der Waals surface area contributed by atoms with E-state index in [9.17, 15) is 9.59 Å². The number of aromatic carboxylic acids is 1. The number of hydrogen-bond acceptors (Lipinski definition) is 4. The smallest absolute Gasteiger partial charge is 0.335 e. The Morgan fingerprint density at radius 3 is 1.32 bits per heavy atom. The lowest BCUT2D eigenvalue weighted by Gasteiger charge is -2.13. The Labute approximate surface area is 247 Å². The van der Waals surface area contributed by atoms with Gasteiger partial charge in [-0.05, 0) is 96.6 Å². The van der Waals surface area contributed by atoms with Crippen molar-refractivity contribution in [1.29, 1.82) is 0 Å². The predicted molar refractivity (Wildman–Crippen MR) is 166 cm³/mol. The first kappa shape index (κ1) is 35.5. The molecule has 6 heteroatoms. The van der Waals surface area contributed by atoms with Gasteiger partial charge in [0.15, 0.2) is 0 Å². The minimum atomic E-state index is -0.907. The van der Waals surface area contributed by atoms with E-state index in [2.05, 4.69) is 41.5 Å². The maximum absolute atomic E-state index is 10.9. The van der Waals surface area contributed by atoms with Crippen LogP contribution in [0.15, 0.2) is 48.5 Å². The third-order valence-corrected chi connectivity index (χ3v) is 7.12. The summed E-state index contributed by atoms with van der Waals surface area (Å²) >= 11 is 5.39. The van der Waals surface area contributed by atoms with Gasteiger partial charge in [0.1, 0.15) is 11.5 Å². The molecule has 0 aromatic heterocycles. The normalized spacial score (nSPS) is 12.4. The Kier molecular flexibility index (Phi) is 18.1. The van der Waals surface area contributed by atoms with Crippen LogP contribution in [0.4, 0.5) is 0 Å². The molecule has 0 saturated heterocycles. The maximum atomic E-state index is 10.9. The van der Waals surface area contributed by atoms with Crippen LogP contribution < -0.4 is 9.47 Å². The monoisotopic (exact) mass is 574 g/mol. The summed E-state index contributed by atoms with van der Waals surface area (Å²) in [6, 6.07) is 13.5. The van der Waals surface area contributed by atoms with E-state index < -0.39 is 11.2 Å². The zero-order valence-electron chi connectivity index (χ0n) is 25.5. The number of carbonyl (C=O) groups is 2. The average Bonchev–Trinajstić information content (AvgIpc) is 2.89. The number of ether oxygens (including phenoxy) is 2. The Balaban J connectivity index is 0.000000400. The van der Waals surface area contributed by atoms with E-state index in [1.54, 1.807) is 48.5 Å². The second-order valence-corrected chi connectivity index (χ2v) is 12.1. The number of rotatable bonds is 18. The molecule has 1 N–H and O–H groups in total. The molecule has 0 aliphatic heterocycles. The zero-order chi connectivity index (χ0) is 29.9. The fourth-order valence-corrected chi connectivity index (χ4v) is 4.30. The first-order valence-corrected chi connectivity index (χ1v) is 15.2. The molecule has 0 spiro atoms. The standard InChI is InChI=1S/C17H25ClO2.C17H26O3/c2*1-13(2)5-4-6-14(3)11-12-20-16-9-7-15(8-10-16)17(18)19/h7-10,13-14H,4-6,11-12H2,1-3H3;7-10,13-14H,4-6,11-12H2,1-3H3,(H,18,19). The van der Waals surface area contributed by atoms with Crippen molar-refractivity contribution in [2.45, 2.75) is 92.9 Å². The predicted octanol–water partition coefficient (Wildman–Crippen LogP) is 9.91. The third-order valence-electron chi connectivity index (χ3n) is 6.90. The lowest BCUT2D eigenvalue weighted by molar-refractivity contribution is 0.0696. The Bertz CT molecular complexity index is 874. The summed E-state index contributed by atoms with van der Waals surface area (Å²) in [4.78, 5) is 21.7. The Hall–Kier alpha value is -2.53. The topological polar surface area (TPSA) is 72.8 Å². The molecule has 0 saturated carbocycles. The van der Waals surface area contributed by atoms with Gasteiger partial charge in [-0.3, -0.25) is 4.79 Å². The van der Waals surface area contributed by atoms with E-state index in [1.807, 2.05) is 0 Å². The molecule has 224 valence electrons. The van der Waals surface area contributed by atoms with Crippen molar-refractivity contribution in [3.63, 3.8) is 0 Å². The highest BCUT2D eigenvalue weighted by Crippen LogP contribution is 2.19. The molecular formula is C34H51ClO5. The van der Waals surface area contributed by atoms with Gasteiger partial charge in [-0.15, -0.1) is 0 Å². The molecule has 5 nitrogen and oxygen atoms in total. The van der Waals surface area contributed by atoms with Gasteiger partial charge >= 0.3 is 5.97 Å². The highest BCUT2D eigenvalue weighted by molar-refractivity contribution is 6.67. The minimum Gasteiger partial charge on any atom is -0.494 e. The number of hydrogen-bond donors (Lipinski definition) is 1. The van der Waals surface area contributed by atoms with Crippen LogP contribution in [0.25, 0.3) is 0 Å². The lowest BCUT2D eigenvalue weighted by atomic mass is 9.98.